The Morgan fingerprint density at radius 1 is 1.16 bits per heavy atom. The maximum absolute atomic E-state index is 13.1. The van der Waals surface area contributed by atoms with Crippen molar-refractivity contribution < 1.29 is 18.9 Å². The number of ether oxygens (including phenoxy) is 1. The highest BCUT2D eigenvalue weighted by Crippen LogP contribution is 2.39. The van der Waals surface area contributed by atoms with Crippen molar-refractivity contribution in [3.63, 3.8) is 0 Å². The van der Waals surface area contributed by atoms with Crippen LogP contribution in [0.1, 0.15) is 38.3 Å². The smallest absolute Gasteiger partial charge is 0.365 e. The Morgan fingerprint density at radius 2 is 1.94 bits per heavy atom. The lowest BCUT2D eigenvalue weighted by Crippen LogP contribution is -2.82. The highest BCUT2D eigenvalue weighted by atomic mass is 16.5. The van der Waals surface area contributed by atoms with E-state index in [9.17, 15) is 4.79 Å². The molecule has 2 heterocycles. The molecule has 2 aliphatic rings. The third-order valence-electron chi connectivity index (χ3n) is 5.75. The number of hydrogen-bond acceptors (Lipinski definition) is 6. The molecule has 1 atom stereocenters. The van der Waals surface area contributed by atoms with E-state index < -0.39 is 0 Å². The number of allylic oxidation sites excluding steroid dienone is 1. The van der Waals surface area contributed by atoms with Crippen LogP contribution in [0.4, 0.5) is 6.01 Å². The highest BCUT2D eigenvalue weighted by Gasteiger charge is 2.42. The van der Waals surface area contributed by atoms with Crippen LogP contribution >= 0.6 is 0 Å². The van der Waals surface area contributed by atoms with Crippen molar-refractivity contribution in [1.29, 1.82) is 0 Å². The number of benzene rings is 2. The Morgan fingerprint density at radius 3 is 2.68 bits per heavy atom. The molecule has 0 saturated carbocycles. The second-order valence-electron chi connectivity index (χ2n) is 8.80. The number of carbonyl (C=O) groups is 1. The standard InChI is InChI=1S/C24H24N4O3/c1-24(2)12-17-20(18(29)13-24)21(14-8-10-15(30-3)11-9-14)27-22(25-17)28-23-26-16-6-4-5-7-19(16)31-23/h4-11,21H,12-13H2,1-3H3,(H2,25,26,27,28)/p+1/t21-/m1/s1. The number of anilines is 1. The number of aromatic nitrogens is 1. The molecule has 0 saturated heterocycles. The molecule has 0 radical (unpaired) electrons. The van der Waals surface area contributed by atoms with Crippen molar-refractivity contribution in [2.45, 2.75) is 32.7 Å². The number of para-hydroxylation sites is 2. The van der Waals surface area contributed by atoms with Crippen LogP contribution in [0.5, 0.6) is 5.75 Å². The molecular formula is C24H25N4O3+. The monoisotopic (exact) mass is 417 g/mol. The predicted octanol–water partition coefficient (Wildman–Crippen LogP) is 2.67. The lowest BCUT2D eigenvalue weighted by molar-refractivity contribution is -0.502. The van der Waals surface area contributed by atoms with Gasteiger partial charge in [0, 0.05) is 12.8 Å². The first-order chi connectivity index (χ1) is 14.9. The minimum atomic E-state index is -0.280. The van der Waals surface area contributed by atoms with Gasteiger partial charge in [-0.3, -0.25) is 9.79 Å². The van der Waals surface area contributed by atoms with Crippen LogP contribution in [0, 0.1) is 5.41 Å². The Kier molecular flexibility index (Phi) is 4.54. The van der Waals surface area contributed by atoms with Crippen LogP contribution < -0.4 is 20.4 Å². The van der Waals surface area contributed by atoms with Gasteiger partial charge in [-0.25, -0.2) is 5.32 Å². The minimum Gasteiger partial charge on any atom is -0.497 e. The van der Waals surface area contributed by atoms with Gasteiger partial charge in [-0.1, -0.05) is 38.1 Å². The first-order valence-corrected chi connectivity index (χ1v) is 10.4. The van der Waals surface area contributed by atoms with Gasteiger partial charge in [-0.05, 0) is 35.2 Å². The number of methoxy groups -OCH3 is 1. The minimum absolute atomic E-state index is 0.104. The van der Waals surface area contributed by atoms with Crippen molar-refractivity contribution in [3.05, 3.63) is 65.4 Å². The summed E-state index contributed by atoms with van der Waals surface area (Å²) in [7, 11) is 1.64. The van der Waals surface area contributed by atoms with Crippen LogP contribution in [0.3, 0.4) is 0 Å². The molecule has 5 rings (SSSR count). The normalized spacial score (nSPS) is 20.2. The molecule has 0 fully saturated rings. The number of nitrogens with zero attached hydrogens (tertiary/aromatic N) is 1. The van der Waals surface area contributed by atoms with Crippen molar-refractivity contribution in [3.8, 4) is 5.75 Å². The second kappa shape index (κ2) is 7.27. The summed E-state index contributed by atoms with van der Waals surface area (Å²) in [6.45, 7) is 4.24. The number of rotatable bonds is 3. The Labute approximate surface area is 180 Å². The zero-order valence-electron chi connectivity index (χ0n) is 17.8. The Balaban J connectivity index is 1.53. The van der Waals surface area contributed by atoms with E-state index in [2.05, 4.69) is 34.5 Å². The molecule has 1 aliphatic carbocycles. The van der Waals surface area contributed by atoms with Gasteiger partial charge in [0.1, 0.15) is 17.3 Å². The molecular weight excluding hydrogens is 392 g/mol. The van der Waals surface area contributed by atoms with Gasteiger partial charge in [0.05, 0.1) is 18.4 Å². The number of oxazole rings is 1. The van der Waals surface area contributed by atoms with E-state index in [1.807, 2.05) is 48.5 Å². The van der Waals surface area contributed by atoms with Gasteiger partial charge in [0.2, 0.25) is 0 Å². The Hall–Kier alpha value is -3.61. The first kappa shape index (κ1) is 19.4. The largest absolute Gasteiger partial charge is 0.497 e. The van der Waals surface area contributed by atoms with Crippen molar-refractivity contribution in [1.82, 2.24) is 10.3 Å². The number of nitrogens with one attached hydrogen (secondary N) is 3. The fourth-order valence-electron chi connectivity index (χ4n) is 4.33. The van der Waals surface area contributed by atoms with Crippen molar-refractivity contribution in [2.24, 2.45) is 5.41 Å². The van der Waals surface area contributed by atoms with Crippen LogP contribution in [0.15, 0.2) is 64.2 Å². The molecule has 0 unspecified atom stereocenters. The third-order valence-corrected chi connectivity index (χ3v) is 5.75. The average molecular weight is 417 g/mol. The van der Waals surface area contributed by atoms with E-state index in [1.165, 1.54) is 0 Å². The maximum Gasteiger partial charge on any atom is 0.365 e. The van der Waals surface area contributed by atoms with E-state index in [-0.39, 0.29) is 17.2 Å². The van der Waals surface area contributed by atoms with Gasteiger partial charge in [-0.2, -0.15) is 10.3 Å². The number of carbonyl (C=O) groups excluding carboxylic acids is 1. The summed E-state index contributed by atoms with van der Waals surface area (Å²) in [6, 6.07) is 15.5. The molecule has 31 heavy (non-hydrogen) atoms. The van der Waals surface area contributed by atoms with Gasteiger partial charge in [0.25, 0.3) is 0 Å². The summed E-state index contributed by atoms with van der Waals surface area (Å²) in [4.78, 5) is 21.0. The molecule has 7 heteroatoms. The fraction of sp³-hybridized carbons (Fsp3) is 0.292. The molecule has 0 spiro atoms. The summed E-state index contributed by atoms with van der Waals surface area (Å²) in [6.07, 6.45) is 1.30. The number of hydrogen-bond donors (Lipinski definition) is 3. The molecule has 2 aromatic carbocycles. The topological polar surface area (TPSA) is 90.4 Å². The summed E-state index contributed by atoms with van der Waals surface area (Å²) in [5.41, 5.74) is 4.09. The van der Waals surface area contributed by atoms with Gasteiger partial charge >= 0.3 is 12.0 Å². The quantitative estimate of drug-likeness (QED) is 0.607. The van der Waals surface area contributed by atoms with E-state index in [1.54, 1.807) is 7.11 Å². The van der Waals surface area contributed by atoms with Gasteiger partial charge < -0.3 is 9.15 Å². The predicted molar refractivity (Wildman–Crippen MR) is 118 cm³/mol. The van der Waals surface area contributed by atoms with Gasteiger partial charge in [-0.15, -0.1) is 0 Å². The summed E-state index contributed by atoms with van der Waals surface area (Å²) in [5.74, 6) is 1.57. The van der Waals surface area contributed by atoms with E-state index in [4.69, 9.17) is 9.15 Å². The molecule has 7 nitrogen and oxygen atoms in total. The third kappa shape index (κ3) is 3.67. The van der Waals surface area contributed by atoms with Gasteiger partial charge in [0.15, 0.2) is 11.4 Å². The summed E-state index contributed by atoms with van der Waals surface area (Å²) < 4.78 is 11.1. The number of Topliss-reactive ketones (excluding diaryl/α,β-unsaturated/α-hetero) is 1. The molecule has 1 aliphatic heterocycles. The number of fused-ring (bicyclic) bond motifs is 1. The average Bonchev–Trinajstić information content (AvgIpc) is 3.14. The lowest BCUT2D eigenvalue weighted by atomic mass is 9.73. The summed E-state index contributed by atoms with van der Waals surface area (Å²) >= 11 is 0. The lowest BCUT2D eigenvalue weighted by Gasteiger charge is -2.34. The van der Waals surface area contributed by atoms with E-state index >= 15 is 0 Å². The zero-order chi connectivity index (χ0) is 21.6. The molecule has 3 aromatic rings. The molecule has 158 valence electrons. The summed E-state index contributed by atoms with van der Waals surface area (Å²) in [5, 5.41) is 6.60. The van der Waals surface area contributed by atoms with Crippen molar-refractivity contribution in [2.75, 3.05) is 12.4 Å². The molecule has 0 bridgehead atoms. The SMILES string of the molecule is COc1ccc([C@H]2[NH+]=C(Nc3nc4ccccc4o3)NC3=C2C(=O)CC(C)(C)C3)cc1. The number of guanidine groups is 1. The maximum atomic E-state index is 13.1. The molecule has 0 amide bonds. The second-order valence-corrected chi connectivity index (χ2v) is 8.80. The van der Waals surface area contributed by atoms with E-state index in [0.717, 1.165) is 34.5 Å². The first-order valence-electron chi connectivity index (χ1n) is 10.4. The van der Waals surface area contributed by atoms with Crippen LogP contribution in [-0.4, -0.2) is 23.8 Å². The van der Waals surface area contributed by atoms with Crippen LogP contribution in [0.25, 0.3) is 11.1 Å². The van der Waals surface area contributed by atoms with E-state index in [0.29, 0.717) is 24.0 Å². The fourth-order valence-corrected chi connectivity index (χ4v) is 4.33. The van der Waals surface area contributed by atoms with Crippen LogP contribution in [0.2, 0.25) is 0 Å². The molecule has 3 N–H and O–H groups in total. The Bertz CT molecular complexity index is 1190. The van der Waals surface area contributed by atoms with Crippen molar-refractivity contribution >= 4 is 28.9 Å². The highest BCUT2D eigenvalue weighted by molar-refractivity contribution is 6.01. The van der Waals surface area contributed by atoms with Crippen LogP contribution in [-0.2, 0) is 4.79 Å². The molecule has 1 aromatic heterocycles. The zero-order valence-corrected chi connectivity index (χ0v) is 17.8. The number of ketones is 1.